The van der Waals surface area contributed by atoms with E-state index in [9.17, 15) is 14.4 Å². The third-order valence-corrected chi connectivity index (χ3v) is 3.27. The minimum Gasteiger partial charge on any atom is -0.454 e. The molecule has 2 N–H and O–H groups in total. The van der Waals surface area contributed by atoms with Gasteiger partial charge in [0.15, 0.2) is 6.61 Å². The second-order valence-electron chi connectivity index (χ2n) is 7.33. The summed E-state index contributed by atoms with van der Waals surface area (Å²) in [6.45, 7) is 8.70. The van der Waals surface area contributed by atoms with Gasteiger partial charge in [-0.2, -0.15) is 0 Å². The van der Waals surface area contributed by atoms with Crippen molar-refractivity contribution in [1.82, 2.24) is 10.6 Å². The smallest absolute Gasteiger partial charge is 0.408 e. The van der Waals surface area contributed by atoms with Crippen LogP contribution in [0.3, 0.4) is 0 Å². The number of esters is 1. The molecule has 0 aromatic heterocycles. The molecule has 0 unspecified atom stereocenters. The molecule has 7 nitrogen and oxygen atoms in total. The fraction of sp³-hybridized carbons (Fsp3) is 0.526. The highest BCUT2D eigenvalue weighted by Gasteiger charge is 2.27. The summed E-state index contributed by atoms with van der Waals surface area (Å²) in [6.07, 6.45) is -0.719. The molecule has 0 bridgehead atoms. The molecule has 2 amide bonds. The average molecular weight is 364 g/mol. The molecule has 0 saturated heterocycles. The summed E-state index contributed by atoms with van der Waals surface area (Å²) in [6, 6.07) is 8.30. The van der Waals surface area contributed by atoms with Crippen molar-refractivity contribution in [2.75, 3.05) is 6.61 Å². The van der Waals surface area contributed by atoms with E-state index in [-0.39, 0.29) is 12.5 Å². The average Bonchev–Trinajstić information content (AvgIpc) is 2.55. The zero-order chi connectivity index (χ0) is 19.7. The topological polar surface area (TPSA) is 93.7 Å². The number of rotatable bonds is 7. The first-order valence-electron chi connectivity index (χ1n) is 8.53. The first-order valence-corrected chi connectivity index (χ1v) is 8.53. The van der Waals surface area contributed by atoms with E-state index < -0.39 is 36.2 Å². The van der Waals surface area contributed by atoms with Crippen molar-refractivity contribution in [3.8, 4) is 0 Å². The van der Waals surface area contributed by atoms with Crippen LogP contribution in [-0.2, 0) is 25.7 Å². The van der Waals surface area contributed by atoms with Crippen molar-refractivity contribution < 1.29 is 23.9 Å². The lowest BCUT2D eigenvalue weighted by molar-refractivity contribution is -0.151. The second-order valence-corrected chi connectivity index (χ2v) is 7.33. The number of carbonyl (C=O) groups is 3. The van der Waals surface area contributed by atoms with Crippen LogP contribution in [0.5, 0.6) is 0 Å². The maximum atomic E-state index is 12.2. The van der Waals surface area contributed by atoms with Crippen LogP contribution in [0.15, 0.2) is 30.3 Å². The van der Waals surface area contributed by atoms with Gasteiger partial charge in [0.1, 0.15) is 12.6 Å². The van der Waals surface area contributed by atoms with Crippen molar-refractivity contribution in [1.29, 1.82) is 0 Å². The minimum atomic E-state index is -0.902. The van der Waals surface area contributed by atoms with Crippen molar-refractivity contribution in [2.45, 2.75) is 52.8 Å². The van der Waals surface area contributed by atoms with E-state index in [0.29, 0.717) is 0 Å². The summed E-state index contributed by atoms with van der Waals surface area (Å²) in [5, 5.41) is 5.18. The first kappa shape index (κ1) is 21.5. The Morgan fingerprint density at radius 3 is 2.19 bits per heavy atom. The van der Waals surface area contributed by atoms with Crippen molar-refractivity contribution in [2.24, 2.45) is 5.92 Å². The Morgan fingerprint density at radius 2 is 1.65 bits per heavy atom. The van der Waals surface area contributed by atoms with Gasteiger partial charge < -0.3 is 20.1 Å². The van der Waals surface area contributed by atoms with Gasteiger partial charge in [0.05, 0.1) is 0 Å². The van der Waals surface area contributed by atoms with Crippen LogP contribution in [0.25, 0.3) is 0 Å². The Kier molecular flexibility index (Phi) is 8.09. The Balaban J connectivity index is 2.49. The highest BCUT2D eigenvalue weighted by molar-refractivity contribution is 5.85. The summed E-state index contributed by atoms with van der Waals surface area (Å²) in [5.74, 6) is -1.31. The molecule has 7 heteroatoms. The van der Waals surface area contributed by atoms with E-state index in [1.54, 1.807) is 13.8 Å². The first-order chi connectivity index (χ1) is 12.1. The summed E-state index contributed by atoms with van der Waals surface area (Å²) in [7, 11) is 0. The molecule has 1 rings (SSSR count). The molecule has 0 radical (unpaired) electrons. The molecule has 144 valence electrons. The molecule has 1 atom stereocenters. The Hall–Kier alpha value is -2.57. The molecule has 0 aliphatic heterocycles. The van der Waals surface area contributed by atoms with Gasteiger partial charge in [-0.15, -0.1) is 0 Å². The van der Waals surface area contributed by atoms with Crippen molar-refractivity contribution >= 4 is 18.0 Å². The number of alkyl carbamates (subject to hydrolysis) is 1. The van der Waals surface area contributed by atoms with E-state index in [1.807, 2.05) is 51.1 Å². The van der Waals surface area contributed by atoms with E-state index in [0.717, 1.165) is 5.56 Å². The maximum Gasteiger partial charge on any atom is 0.408 e. The van der Waals surface area contributed by atoms with Crippen molar-refractivity contribution in [3.63, 3.8) is 0 Å². The third kappa shape index (κ3) is 8.50. The van der Waals surface area contributed by atoms with E-state index in [2.05, 4.69) is 10.6 Å². The number of hydrogen-bond acceptors (Lipinski definition) is 5. The molecule has 0 heterocycles. The van der Waals surface area contributed by atoms with Gasteiger partial charge in [0.25, 0.3) is 5.91 Å². The van der Waals surface area contributed by atoms with Gasteiger partial charge >= 0.3 is 12.1 Å². The zero-order valence-electron chi connectivity index (χ0n) is 16.0. The summed E-state index contributed by atoms with van der Waals surface area (Å²) in [5.41, 5.74) is 0.422. The van der Waals surface area contributed by atoms with Crippen LogP contribution in [-0.4, -0.2) is 36.2 Å². The summed E-state index contributed by atoms with van der Waals surface area (Å²) >= 11 is 0. The van der Waals surface area contributed by atoms with Crippen LogP contribution in [0, 0.1) is 5.92 Å². The fourth-order valence-electron chi connectivity index (χ4n) is 2.07. The Labute approximate surface area is 154 Å². The molecule has 0 saturated carbocycles. The molecule has 26 heavy (non-hydrogen) atoms. The highest BCUT2D eigenvalue weighted by Crippen LogP contribution is 2.06. The minimum absolute atomic E-state index is 0.0977. The lowest BCUT2D eigenvalue weighted by Gasteiger charge is -2.22. The predicted molar refractivity (Wildman–Crippen MR) is 97.2 cm³/mol. The normalized spacial score (nSPS) is 12.2. The maximum absolute atomic E-state index is 12.2. The fourth-order valence-corrected chi connectivity index (χ4v) is 2.07. The standard InChI is InChI=1S/C19H28N2O5/c1-13(2)16(17(23)25-12-15(22)21-19(3,4)5)20-18(24)26-11-14-9-7-6-8-10-14/h6-10,13,16H,11-12H2,1-5H3,(H,20,24)(H,21,22)/t16-/m0/s1. The monoisotopic (exact) mass is 364 g/mol. The Bertz CT molecular complexity index is 608. The molecule has 1 aromatic rings. The van der Waals surface area contributed by atoms with Gasteiger partial charge in [-0.05, 0) is 32.3 Å². The lowest BCUT2D eigenvalue weighted by atomic mass is 10.1. The largest absolute Gasteiger partial charge is 0.454 e. The van der Waals surface area contributed by atoms with Gasteiger partial charge in [-0.25, -0.2) is 9.59 Å². The van der Waals surface area contributed by atoms with Crippen LogP contribution in [0.4, 0.5) is 4.79 Å². The van der Waals surface area contributed by atoms with E-state index in [1.165, 1.54) is 0 Å². The van der Waals surface area contributed by atoms with Crippen LogP contribution >= 0.6 is 0 Å². The van der Waals surface area contributed by atoms with Crippen LogP contribution < -0.4 is 10.6 Å². The molecule has 0 aliphatic carbocycles. The van der Waals surface area contributed by atoms with Crippen molar-refractivity contribution in [3.05, 3.63) is 35.9 Å². The third-order valence-electron chi connectivity index (χ3n) is 3.27. The molecule has 1 aromatic carbocycles. The van der Waals surface area contributed by atoms with Gasteiger partial charge in [-0.1, -0.05) is 44.2 Å². The SMILES string of the molecule is CC(C)[C@H](NC(=O)OCc1ccccc1)C(=O)OCC(=O)NC(C)(C)C. The van der Waals surface area contributed by atoms with Gasteiger partial charge in [0.2, 0.25) is 0 Å². The highest BCUT2D eigenvalue weighted by atomic mass is 16.6. The molecule has 0 aliphatic rings. The molecular formula is C19H28N2O5. The van der Waals surface area contributed by atoms with Crippen LogP contribution in [0.1, 0.15) is 40.2 Å². The van der Waals surface area contributed by atoms with E-state index >= 15 is 0 Å². The number of hydrogen-bond donors (Lipinski definition) is 2. The molecular weight excluding hydrogens is 336 g/mol. The zero-order valence-corrected chi connectivity index (χ0v) is 16.0. The predicted octanol–water partition coefficient (Wildman–Crippen LogP) is 2.40. The number of amides is 2. The molecule has 0 spiro atoms. The quantitative estimate of drug-likeness (QED) is 0.725. The van der Waals surface area contributed by atoms with E-state index in [4.69, 9.17) is 9.47 Å². The van der Waals surface area contributed by atoms with Crippen LogP contribution in [0.2, 0.25) is 0 Å². The summed E-state index contributed by atoms with van der Waals surface area (Å²) in [4.78, 5) is 35.9. The lowest BCUT2D eigenvalue weighted by Crippen LogP contribution is -2.47. The van der Waals surface area contributed by atoms with Gasteiger partial charge in [-0.3, -0.25) is 4.79 Å². The molecule has 0 fully saturated rings. The van der Waals surface area contributed by atoms with Gasteiger partial charge in [0, 0.05) is 5.54 Å². The second kappa shape index (κ2) is 9.79. The number of nitrogens with one attached hydrogen (secondary N) is 2. The Morgan fingerprint density at radius 1 is 1.04 bits per heavy atom. The number of ether oxygens (including phenoxy) is 2. The summed E-state index contributed by atoms with van der Waals surface area (Å²) < 4.78 is 10.1. The number of benzene rings is 1. The number of carbonyl (C=O) groups excluding carboxylic acids is 3.